The highest BCUT2D eigenvalue weighted by atomic mass is 35.5. The Labute approximate surface area is 219 Å². The lowest BCUT2D eigenvalue weighted by Gasteiger charge is -2.14. The number of carbonyl (C=O) groups excluding carboxylic acids is 1. The quantitative estimate of drug-likeness (QED) is 0.274. The number of hydrogen-bond donors (Lipinski definition) is 2. The monoisotopic (exact) mass is 524 g/mol. The first kappa shape index (κ1) is 25.5. The van der Waals surface area contributed by atoms with E-state index in [1.54, 1.807) is 28.9 Å². The Morgan fingerprint density at radius 2 is 1.81 bits per heavy atom. The lowest BCUT2D eigenvalue weighted by atomic mass is 9.92. The molecule has 186 valence electrons. The van der Waals surface area contributed by atoms with Crippen molar-refractivity contribution in [2.75, 3.05) is 5.32 Å². The van der Waals surface area contributed by atoms with E-state index in [1.807, 2.05) is 37.3 Å². The number of rotatable bonds is 6. The number of carbonyl (C=O) groups is 1. The van der Waals surface area contributed by atoms with Gasteiger partial charge in [0, 0.05) is 40.9 Å². The van der Waals surface area contributed by atoms with Gasteiger partial charge in [0.25, 0.3) is 0 Å². The lowest BCUT2D eigenvalue weighted by Crippen LogP contribution is -2.29. The minimum Gasteiger partial charge on any atom is -0.439 e. The van der Waals surface area contributed by atoms with Gasteiger partial charge >= 0.3 is 6.03 Å². The van der Waals surface area contributed by atoms with Crippen molar-refractivity contribution in [2.24, 2.45) is 0 Å². The van der Waals surface area contributed by atoms with Gasteiger partial charge in [-0.3, -0.25) is 5.32 Å². The van der Waals surface area contributed by atoms with E-state index in [4.69, 9.17) is 33.0 Å². The normalized spacial score (nSPS) is 11.3. The summed E-state index contributed by atoms with van der Waals surface area (Å²) in [6.45, 7) is 8.40. The third-order valence-electron chi connectivity index (χ3n) is 5.28. The molecule has 0 unspecified atom stereocenters. The Hall–Kier alpha value is -3.62. The molecule has 0 fully saturated rings. The summed E-state index contributed by atoms with van der Waals surface area (Å²) in [4.78, 5) is 20.8. The number of nitrogens with zero attached hydrogens (tertiary/aromatic N) is 4. The second-order valence-corrected chi connectivity index (χ2v) is 10.0. The highest BCUT2D eigenvalue weighted by molar-refractivity contribution is 6.30. The summed E-state index contributed by atoms with van der Waals surface area (Å²) in [5.74, 6) is 1.31. The van der Waals surface area contributed by atoms with Crippen LogP contribution < -0.4 is 15.4 Å². The van der Waals surface area contributed by atoms with Gasteiger partial charge in [-0.2, -0.15) is 10.1 Å². The summed E-state index contributed by atoms with van der Waals surface area (Å²) in [6.07, 6.45) is 1.50. The predicted molar refractivity (Wildman–Crippen MR) is 141 cm³/mol. The number of nitrogens with one attached hydrogen (secondary N) is 2. The molecular weight excluding hydrogens is 499 g/mol. The average Bonchev–Trinajstić information content (AvgIpc) is 3.24. The van der Waals surface area contributed by atoms with E-state index in [2.05, 4.69) is 41.4 Å². The van der Waals surface area contributed by atoms with Crippen LogP contribution in [0, 0.1) is 6.92 Å². The van der Waals surface area contributed by atoms with Crippen LogP contribution in [0.1, 0.15) is 37.6 Å². The van der Waals surface area contributed by atoms with Crippen molar-refractivity contribution in [1.29, 1.82) is 0 Å². The zero-order valence-corrected chi connectivity index (χ0v) is 21.9. The fraction of sp³-hybridized carbons (Fsp3) is 0.231. The Bertz CT molecular complexity index is 1380. The minimum absolute atomic E-state index is 0.0698. The second-order valence-electron chi connectivity index (χ2n) is 9.24. The van der Waals surface area contributed by atoms with Crippen LogP contribution in [-0.2, 0) is 12.0 Å². The number of halogens is 2. The number of ether oxygens (including phenoxy) is 1. The second kappa shape index (κ2) is 10.6. The molecule has 0 bridgehead atoms. The molecule has 0 radical (unpaired) electrons. The molecule has 0 saturated carbocycles. The van der Waals surface area contributed by atoms with Gasteiger partial charge in [-0.25, -0.2) is 14.5 Å². The van der Waals surface area contributed by atoms with Gasteiger partial charge in [-0.05, 0) is 48.9 Å². The predicted octanol–water partition coefficient (Wildman–Crippen LogP) is 6.69. The number of urea groups is 1. The first-order valence-corrected chi connectivity index (χ1v) is 12.0. The molecule has 2 heterocycles. The number of aryl methyl sites for hydroxylation is 1. The zero-order chi connectivity index (χ0) is 25.9. The highest BCUT2D eigenvalue weighted by Gasteiger charge is 2.21. The summed E-state index contributed by atoms with van der Waals surface area (Å²) in [5, 5.41) is 11.1. The van der Waals surface area contributed by atoms with Crippen molar-refractivity contribution in [3.63, 3.8) is 0 Å². The molecule has 8 nitrogen and oxygen atoms in total. The minimum atomic E-state index is -0.403. The third-order valence-corrected chi connectivity index (χ3v) is 5.69. The van der Waals surface area contributed by atoms with Crippen LogP contribution in [0.2, 0.25) is 10.3 Å². The van der Waals surface area contributed by atoms with Crippen molar-refractivity contribution in [2.45, 2.75) is 39.7 Å². The highest BCUT2D eigenvalue weighted by Crippen LogP contribution is 2.28. The lowest BCUT2D eigenvalue weighted by molar-refractivity contribution is 0.251. The number of anilines is 1. The largest absolute Gasteiger partial charge is 0.439 e. The maximum Gasteiger partial charge on any atom is 0.320 e. The van der Waals surface area contributed by atoms with E-state index >= 15 is 0 Å². The standard InChI is InChI=1S/C26H26Cl2N6O2/c1-16-5-8-19(9-6-16)34-22(14-21(33-34)26(2,3)4)31-25(35)30-15-17-13-18(27)7-10-20(17)36-23-11-12-29-24(28)32-23/h5-14H,15H2,1-4H3,(H2,30,31,35). The Kier molecular flexibility index (Phi) is 7.47. The number of amides is 2. The number of benzene rings is 2. The first-order valence-electron chi connectivity index (χ1n) is 11.3. The number of hydrogen-bond acceptors (Lipinski definition) is 5. The molecule has 2 amide bonds. The van der Waals surface area contributed by atoms with Crippen molar-refractivity contribution < 1.29 is 9.53 Å². The molecule has 0 aliphatic carbocycles. The van der Waals surface area contributed by atoms with Crippen LogP contribution in [0.3, 0.4) is 0 Å². The van der Waals surface area contributed by atoms with Crippen LogP contribution in [0.15, 0.2) is 60.8 Å². The van der Waals surface area contributed by atoms with Gasteiger partial charge in [0.05, 0.1) is 11.4 Å². The van der Waals surface area contributed by atoms with E-state index in [9.17, 15) is 4.79 Å². The summed E-state index contributed by atoms with van der Waals surface area (Å²) < 4.78 is 7.57. The van der Waals surface area contributed by atoms with Gasteiger partial charge in [-0.1, -0.05) is 50.1 Å². The molecule has 2 aromatic carbocycles. The first-order chi connectivity index (χ1) is 17.1. The molecule has 0 aliphatic heterocycles. The Balaban J connectivity index is 1.52. The summed E-state index contributed by atoms with van der Waals surface area (Å²) >= 11 is 12.0. The molecule has 4 rings (SSSR count). The van der Waals surface area contributed by atoms with Crippen LogP contribution in [0.5, 0.6) is 11.6 Å². The van der Waals surface area contributed by atoms with Crippen molar-refractivity contribution in [3.8, 4) is 17.3 Å². The molecular formula is C26H26Cl2N6O2. The maximum atomic E-state index is 12.9. The molecule has 36 heavy (non-hydrogen) atoms. The van der Waals surface area contributed by atoms with E-state index in [0.29, 0.717) is 22.2 Å². The summed E-state index contributed by atoms with van der Waals surface area (Å²) in [6, 6.07) is 16.1. The molecule has 10 heteroatoms. The Morgan fingerprint density at radius 1 is 1.06 bits per heavy atom. The van der Waals surface area contributed by atoms with Crippen LogP contribution in [-0.4, -0.2) is 25.8 Å². The van der Waals surface area contributed by atoms with E-state index in [-0.39, 0.29) is 23.1 Å². The average molecular weight is 525 g/mol. The Morgan fingerprint density at radius 3 is 2.50 bits per heavy atom. The summed E-state index contributed by atoms with van der Waals surface area (Å²) in [5.41, 5.74) is 3.31. The van der Waals surface area contributed by atoms with Crippen molar-refractivity contribution >= 4 is 35.1 Å². The zero-order valence-electron chi connectivity index (χ0n) is 20.3. The molecule has 0 spiro atoms. The molecule has 0 aliphatic rings. The van der Waals surface area contributed by atoms with E-state index in [0.717, 1.165) is 16.9 Å². The number of aromatic nitrogens is 4. The molecule has 0 atom stereocenters. The van der Waals surface area contributed by atoms with Gasteiger partial charge in [0.15, 0.2) is 0 Å². The molecule has 2 N–H and O–H groups in total. The topological polar surface area (TPSA) is 94.0 Å². The smallest absolute Gasteiger partial charge is 0.320 e. The fourth-order valence-corrected chi connectivity index (χ4v) is 3.66. The van der Waals surface area contributed by atoms with Gasteiger partial charge in [0.1, 0.15) is 11.6 Å². The third kappa shape index (κ3) is 6.33. The summed E-state index contributed by atoms with van der Waals surface area (Å²) in [7, 11) is 0. The van der Waals surface area contributed by atoms with Gasteiger partial charge in [-0.15, -0.1) is 0 Å². The van der Waals surface area contributed by atoms with Crippen molar-refractivity contribution in [1.82, 2.24) is 25.1 Å². The fourth-order valence-electron chi connectivity index (χ4n) is 3.33. The van der Waals surface area contributed by atoms with E-state index < -0.39 is 6.03 Å². The molecule has 0 saturated heterocycles. The SMILES string of the molecule is Cc1ccc(-n2nc(C(C)(C)C)cc2NC(=O)NCc2cc(Cl)ccc2Oc2ccnc(Cl)n2)cc1. The van der Waals surface area contributed by atoms with E-state index in [1.165, 1.54) is 6.20 Å². The van der Waals surface area contributed by atoms with Crippen molar-refractivity contribution in [3.05, 3.63) is 87.9 Å². The maximum absolute atomic E-state index is 12.9. The van der Waals surface area contributed by atoms with Crippen LogP contribution >= 0.6 is 23.2 Å². The van der Waals surface area contributed by atoms with Crippen LogP contribution in [0.25, 0.3) is 5.69 Å². The molecule has 2 aromatic heterocycles. The van der Waals surface area contributed by atoms with Gasteiger partial charge < -0.3 is 10.1 Å². The van der Waals surface area contributed by atoms with Crippen LogP contribution in [0.4, 0.5) is 10.6 Å². The van der Waals surface area contributed by atoms with Gasteiger partial charge in [0.2, 0.25) is 11.2 Å². The molecule has 4 aromatic rings.